The van der Waals surface area contributed by atoms with Gasteiger partial charge in [0.2, 0.25) is 0 Å². The van der Waals surface area contributed by atoms with Crippen molar-refractivity contribution < 1.29 is 18.8 Å². The molecular weight excluding hydrogens is 320 g/mol. The molecule has 1 heterocycles. The zero-order chi connectivity index (χ0) is 18.6. The molecule has 134 valence electrons. The topological polar surface area (TPSA) is 81.4 Å². The van der Waals surface area contributed by atoms with Crippen molar-refractivity contribution in [2.75, 3.05) is 5.32 Å². The predicted octanol–water partition coefficient (Wildman–Crippen LogP) is 3.41. The van der Waals surface area contributed by atoms with Crippen molar-refractivity contribution in [1.82, 2.24) is 5.16 Å². The standard InChI is InChI=1S/C19H24N2O4/c1-11-6-7-12(2)17(10-11)20-19(23)15(5)24-18(22)9-8-16-13(3)21-25-14(16)4/h6-7,10,15H,8-9H2,1-5H3,(H,20,23). The van der Waals surface area contributed by atoms with E-state index in [2.05, 4.69) is 10.5 Å². The molecule has 0 fully saturated rings. The van der Waals surface area contributed by atoms with Crippen LogP contribution in [0.1, 0.15) is 41.5 Å². The lowest BCUT2D eigenvalue weighted by atomic mass is 10.1. The molecule has 2 rings (SSSR count). The number of nitrogens with zero attached hydrogens (tertiary/aromatic N) is 1. The summed E-state index contributed by atoms with van der Waals surface area (Å²) in [6, 6.07) is 5.80. The minimum atomic E-state index is -0.864. The van der Waals surface area contributed by atoms with Crippen molar-refractivity contribution in [3.8, 4) is 0 Å². The first-order valence-corrected chi connectivity index (χ1v) is 8.27. The number of ether oxygens (including phenoxy) is 1. The van der Waals surface area contributed by atoms with E-state index >= 15 is 0 Å². The molecule has 6 heteroatoms. The fourth-order valence-corrected chi connectivity index (χ4v) is 2.50. The normalized spacial score (nSPS) is 11.9. The highest BCUT2D eigenvalue weighted by atomic mass is 16.5. The summed E-state index contributed by atoms with van der Waals surface area (Å²) in [7, 11) is 0. The molecule has 0 spiro atoms. The lowest BCUT2D eigenvalue weighted by Crippen LogP contribution is -2.30. The smallest absolute Gasteiger partial charge is 0.306 e. The molecule has 1 unspecified atom stereocenters. The van der Waals surface area contributed by atoms with Gasteiger partial charge in [-0.25, -0.2) is 0 Å². The largest absolute Gasteiger partial charge is 0.453 e. The number of aryl methyl sites for hydroxylation is 4. The first kappa shape index (κ1) is 18.7. The molecule has 25 heavy (non-hydrogen) atoms. The maximum Gasteiger partial charge on any atom is 0.306 e. The van der Waals surface area contributed by atoms with Crippen molar-refractivity contribution in [3.05, 3.63) is 46.3 Å². The molecule has 0 bridgehead atoms. The fourth-order valence-electron chi connectivity index (χ4n) is 2.50. The van der Waals surface area contributed by atoms with Gasteiger partial charge in [0.1, 0.15) is 5.76 Å². The van der Waals surface area contributed by atoms with Crippen molar-refractivity contribution >= 4 is 17.6 Å². The van der Waals surface area contributed by atoms with E-state index in [9.17, 15) is 9.59 Å². The highest BCUT2D eigenvalue weighted by Gasteiger charge is 2.19. The second kappa shape index (κ2) is 7.96. The summed E-state index contributed by atoms with van der Waals surface area (Å²) < 4.78 is 10.3. The van der Waals surface area contributed by atoms with Crippen LogP contribution in [-0.4, -0.2) is 23.1 Å². The number of aromatic nitrogens is 1. The molecule has 1 aromatic heterocycles. The van der Waals surface area contributed by atoms with Gasteiger partial charge in [-0.2, -0.15) is 0 Å². The minimum absolute atomic E-state index is 0.171. The number of amides is 1. The Hall–Kier alpha value is -2.63. The Morgan fingerprint density at radius 3 is 2.60 bits per heavy atom. The second-order valence-corrected chi connectivity index (χ2v) is 6.24. The third-order valence-electron chi connectivity index (χ3n) is 4.09. The van der Waals surface area contributed by atoms with E-state index in [0.717, 1.165) is 28.1 Å². The summed E-state index contributed by atoms with van der Waals surface area (Å²) in [6.45, 7) is 9.06. The quantitative estimate of drug-likeness (QED) is 0.812. The molecular formula is C19H24N2O4. The van der Waals surface area contributed by atoms with Crippen LogP contribution >= 0.6 is 0 Å². The van der Waals surface area contributed by atoms with Gasteiger partial charge in [-0.05, 0) is 58.2 Å². The molecule has 1 atom stereocenters. The van der Waals surface area contributed by atoms with Crippen molar-refractivity contribution in [2.45, 2.75) is 53.6 Å². The summed E-state index contributed by atoms with van der Waals surface area (Å²) >= 11 is 0. The van der Waals surface area contributed by atoms with E-state index in [0.29, 0.717) is 12.2 Å². The zero-order valence-electron chi connectivity index (χ0n) is 15.3. The van der Waals surface area contributed by atoms with E-state index in [1.54, 1.807) is 13.8 Å². The van der Waals surface area contributed by atoms with E-state index in [4.69, 9.17) is 9.26 Å². The fraction of sp³-hybridized carbons (Fsp3) is 0.421. The lowest BCUT2D eigenvalue weighted by Gasteiger charge is -2.15. The van der Waals surface area contributed by atoms with Crippen LogP contribution in [0.4, 0.5) is 5.69 Å². The summed E-state index contributed by atoms with van der Waals surface area (Å²) in [6.07, 6.45) is -0.216. The number of benzene rings is 1. The van der Waals surface area contributed by atoms with Crippen molar-refractivity contribution in [3.63, 3.8) is 0 Å². The Bertz CT molecular complexity index is 760. The van der Waals surface area contributed by atoms with Gasteiger partial charge in [0.25, 0.3) is 5.91 Å². The summed E-state index contributed by atoms with van der Waals surface area (Å²) in [5, 5.41) is 6.66. The molecule has 1 N–H and O–H groups in total. The number of hydrogen-bond acceptors (Lipinski definition) is 5. The minimum Gasteiger partial charge on any atom is -0.453 e. The Labute approximate surface area is 147 Å². The van der Waals surface area contributed by atoms with Gasteiger partial charge in [0, 0.05) is 17.7 Å². The first-order chi connectivity index (χ1) is 11.8. The predicted molar refractivity (Wildman–Crippen MR) is 94.4 cm³/mol. The monoisotopic (exact) mass is 344 g/mol. The van der Waals surface area contributed by atoms with Crippen LogP contribution in [0.3, 0.4) is 0 Å². The molecule has 0 saturated carbocycles. The maximum atomic E-state index is 12.2. The van der Waals surface area contributed by atoms with Crippen LogP contribution in [0.25, 0.3) is 0 Å². The van der Waals surface area contributed by atoms with Crippen LogP contribution in [0.2, 0.25) is 0 Å². The van der Waals surface area contributed by atoms with Crippen LogP contribution in [0, 0.1) is 27.7 Å². The highest BCUT2D eigenvalue weighted by molar-refractivity contribution is 5.95. The van der Waals surface area contributed by atoms with Gasteiger partial charge in [0.15, 0.2) is 6.10 Å². The Kier molecular flexibility index (Phi) is 5.96. The summed E-state index contributed by atoms with van der Waals surface area (Å²) in [5.74, 6) is -0.0750. The van der Waals surface area contributed by atoms with Gasteiger partial charge >= 0.3 is 5.97 Å². The van der Waals surface area contributed by atoms with Gasteiger partial charge in [0.05, 0.1) is 5.69 Å². The molecule has 0 radical (unpaired) electrons. The van der Waals surface area contributed by atoms with E-state index in [1.807, 2.05) is 39.0 Å². The van der Waals surface area contributed by atoms with Crippen molar-refractivity contribution in [2.24, 2.45) is 0 Å². The van der Waals surface area contributed by atoms with Crippen LogP contribution in [0.15, 0.2) is 22.7 Å². The summed E-state index contributed by atoms with van der Waals surface area (Å²) in [5.41, 5.74) is 4.40. The maximum absolute atomic E-state index is 12.2. The third kappa shape index (κ3) is 4.92. The van der Waals surface area contributed by atoms with Crippen molar-refractivity contribution in [1.29, 1.82) is 0 Å². The molecule has 2 aromatic rings. The average molecular weight is 344 g/mol. The average Bonchev–Trinajstić information content (AvgIpc) is 2.87. The molecule has 0 aliphatic heterocycles. The van der Waals surface area contributed by atoms with E-state index in [1.165, 1.54) is 0 Å². The number of nitrogens with one attached hydrogen (secondary N) is 1. The van der Waals surface area contributed by atoms with Gasteiger partial charge in [-0.1, -0.05) is 17.3 Å². The Morgan fingerprint density at radius 2 is 1.96 bits per heavy atom. The van der Waals surface area contributed by atoms with E-state index < -0.39 is 12.1 Å². The molecule has 1 aromatic carbocycles. The summed E-state index contributed by atoms with van der Waals surface area (Å²) in [4.78, 5) is 24.2. The van der Waals surface area contributed by atoms with E-state index in [-0.39, 0.29) is 12.3 Å². The van der Waals surface area contributed by atoms with Gasteiger partial charge < -0.3 is 14.6 Å². The Morgan fingerprint density at radius 1 is 1.24 bits per heavy atom. The number of carbonyl (C=O) groups excluding carboxylic acids is 2. The number of anilines is 1. The molecule has 0 aliphatic carbocycles. The number of rotatable bonds is 6. The first-order valence-electron chi connectivity index (χ1n) is 8.27. The van der Waals surface area contributed by atoms with Crippen LogP contribution in [-0.2, 0) is 20.7 Å². The third-order valence-corrected chi connectivity index (χ3v) is 4.09. The van der Waals surface area contributed by atoms with Gasteiger partial charge in [-0.3, -0.25) is 9.59 Å². The SMILES string of the molecule is Cc1ccc(C)c(NC(=O)C(C)OC(=O)CCc2c(C)noc2C)c1. The lowest BCUT2D eigenvalue weighted by molar-refractivity contribution is -0.153. The second-order valence-electron chi connectivity index (χ2n) is 6.24. The molecule has 0 saturated heterocycles. The Balaban J connectivity index is 1.88. The number of esters is 1. The zero-order valence-corrected chi connectivity index (χ0v) is 15.3. The number of hydrogen-bond donors (Lipinski definition) is 1. The molecule has 1 amide bonds. The highest BCUT2D eigenvalue weighted by Crippen LogP contribution is 2.17. The number of carbonyl (C=O) groups is 2. The molecule has 0 aliphatic rings. The molecule has 6 nitrogen and oxygen atoms in total. The van der Waals surface area contributed by atoms with Gasteiger partial charge in [-0.15, -0.1) is 0 Å². The van der Waals surface area contributed by atoms with Crippen LogP contribution < -0.4 is 5.32 Å². The van der Waals surface area contributed by atoms with Crippen LogP contribution in [0.5, 0.6) is 0 Å².